The van der Waals surface area contributed by atoms with Gasteiger partial charge in [0.1, 0.15) is 11.0 Å². The largest absolute Gasteiger partial charge is 0.477 e. The molecular weight excluding hydrogens is 432 g/mol. The lowest BCUT2D eigenvalue weighted by molar-refractivity contribution is -0.0929. The fraction of sp³-hybridized carbons (Fsp3) is 0.333. The van der Waals surface area contributed by atoms with Crippen LogP contribution in [0.3, 0.4) is 0 Å². The van der Waals surface area contributed by atoms with Crippen LogP contribution in [-0.4, -0.2) is 50.8 Å². The summed E-state index contributed by atoms with van der Waals surface area (Å²) in [5.41, 5.74) is -0.271. The average Bonchev–Trinajstić information content (AvgIpc) is 3.34. The number of thioether (sulfide) groups is 1. The first kappa shape index (κ1) is 22.5. The van der Waals surface area contributed by atoms with Gasteiger partial charge >= 0.3 is 11.9 Å². The summed E-state index contributed by atoms with van der Waals surface area (Å²) in [6.07, 6.45) is 1.77. The van der Waals surface area contributed by atoms with Gasteiger partial charge in [-0.2, -0.15) is 8.78 Å². The minimum absolute atomic E-state index is 0.133. The van der Waals surface area contributed by atoms with Crippen LogP contribution in [0.15, 0.2) is 54.6 Å². The molecule has 30 heavy (non-hydrogen) atoms. The van der Waals surface area contributed by atoms with Gasteiger partial charge in [0.2, 0.25) is 0 Å². The molecule has 2 atom stereocenters. The van der Waals surface area contributed by atoms with E-state index in [9.17, 15) is 23.5 Å². The number of hydrogen-bond donors (Lipinski definition) is 2. The highest BCUT2D eigenvalue weighted by atomic mass is 32.2. The number of thiophene rings is 1. The summed E-state index contributed by atoms with van der Waals surface area (Å²) in [6.45, 7) is 0.423. The third kappa shape index (κ3) is 5.27. The number of halogens is 2. The van der Waals surface area contributed by atoms with Crippen LogP contribution in [0.1, 0.15) is 26.5 Å². The number of hydrogen-bond acceptors (Lipinski definition) is 5. The van der Waals surface area contributed by atoms with Gasteiger partial charge in [0, 0.05) is 22.7 Å². The van der Waals surface area contributed by atoms with Crippen molar-refractivity contribution in [3.63, 3.8) is 0 Å². The summed E-state index contributed by atoms with van der Waals surface area (Å²) in [5.74, 6) is -3.96. The first-order chi connectivity index (χ1) is 14.3. The molecule has 2 heterocycles. The van der Waals surface area contributed by atoms with E-state index < -0.39 is 18.0 Å². The van der Waals surface area contributed by atoms with Crippen molar-refractivity contribution in [2.75, 3.05) is 12.3 Å². The van der Waals surface area contributed by atoms with E-state index in [0.717, 1.165) is 22.7 Å². The summed E-state index contributed by atoms with van der Waals surface area (Å²) >= 11 is 2.32. The van der Waals surface area contributed by atoms with Crippen LogP contribution < -0.4 is 0 Å². The van der Waals surface area contributed by atoms with Gasteiger partial charge < -0.3 is 15.1 Å². The molecule has 1 fully saturated rings. The monoisotopic (exact) mass is 453 g/mol. The summed E-state index contributed by atoms with van der Waals surface area (Å²) in [7, 11) is 0. The Morgan fingerprint density at radius 3 is 2.67 bits per heavy atom. The Balaban J connectivity index is 1.58. The van der Waals surface area contributed by atoms with Gasteiger partial charge in [0.05, 0.1) is 6.04 Å². The van der Waals surface area contributed by atoms with Crippen LogP contribution in [0.5, 0.6) is 0 Å². The minimum Gasteiger partial charge on any atom is -0.477 e. The first-order valence-electron chi connectivity index (χ1n) is 9.34. The van der Waals surface area contributed by atoms with Crippen molar-refractivity contribution < 1.29 is 28.6 Å². The second-order valence-corrected chi connectivity index (χ2v) is 8.97. The van der Waals surface area contributed by atoms with Crippen LogP contribution in [0.4, 0.5) is 13.6 Å². The highest BCUT2D eigenvalue weighted by Gasteiger charge is 2.39. The van der Waals surface area contributed by atoms with E-state index in [-0.39, 0.29) is 21.7 Å². The van der Waals surface area contributed by atoms with Crippen LogP contribution in [0.25, 0.3) is 0 Å². The van der Waals surface area contributed by atoms with Crippen molar-refractivity contribution in [3.05, 3.63) is 69.9 Å². The summed E-state index contributed by atoms with van der Waals surface area (Å²) < 4.78 is 28.8. The van der Waals surface area contributed by atoms with Crippen LogP contribution in [0.2, 0.25) is 0 Å². The van der Waals surface area contributed by atoms with Gasteiger partial charge in [-0.1, -0.05) is 54.2 Å². The van der Waals surface area contributed by atoms with Crippen molar-refractivity contribution >= 4 is 34.3 Å². The molecule has 0 aliphatic carbocycles. The second kappa shape index (κ2) is 9.72. The Hall–Kier alpha value is -2.23. The molecule has 1 aliphatic rings. The number of aryl methyl sites for hydroxylation is 1. The van der Waals surface area contributed by atoms with Crippen molar-refractivity contribution in [1.29, 1.82) is 0 Å². The number of alkyl halides is 2. The molecule has 2 unspecified atom stereocenters. The Kier molecular flexibility index (Phi) is 7.27. The lowest BCUT2D eigenvalue weighted by Crippen LogP contribution is -2.34. The topological polar surface area (TPSA) is 77.8 Å². The van der Waals surface area contributed by atoms with E-state index in [4.69, 9.17) is 5.11 Å². The number of carboxylic acids is 1. The van der Waals surface area contributed by atoms with E-state index in [0.29, 0.717) is 25.1 Å². The minimum atomic E-state index is -3.43. The Morgan fingerprint density at radius 1 is 1.27 bits per heavy atom. The number of benzene rings is 1. The fourth-order valence-corrected chi connectivity index (χ4v) is 5.00. The van der Waals surface area contributed by atoms with Crippen LogP contribution in [-0.2, 0) is 12.3 Å². The smallest absolute Gasteiger partial charge is 0.345 e. The molecule has 1 aliphatic heterocycles. The number of carbonyl (C=O) groups is 2. The van der Waals surface area contributed by atoms with Gasteiger partial charge in [-0.15, -0.1) is 11.3 Å². The van der Waals surface area contributed by atoms with Crippen molar-refractivity contribution in [3.8, 4) is 0 Å². The van der Waals surface area contributed by atoms with Crippen LogP contribution >= 0.6 is 23.1 Å². The van der Waals surface area contributed by atoms with Gasteiger partial charge in [0.25, 0.3) is 5.24 Å². The molecule has 9 heteroatoms. The van der Waals surface area contributed by atoms with Gasteiger partial charge in [-0.3, -0.25) is 4.79 Å². The molecule has 0 bridgehead atoms. The zero-order valence-electron chi connectivity index (χ0n) is 15.9. The zero-order valence-corrected chi connectivity index (χ0v) is 17.5. The normalized spacial score (nSPS) is 18.3. The quantitative estimate of drug-likeness (QED) is 0.542. The maximum atomic E-state index is 14.4. The molecule has 0 saturated carbocycles. The summed E-state index contributed by atoms with van der Waals surface area (Å²) in [6, 6.07) is 10.1. The third-order valence-corrected chi connectivity index (χ3v) is 6.88. The maximum absolute atomic E-state index is 14.4. The Labute approximate surface area is 181 Å². The second-order valence-electron chi connectivity index (χ2n) is 6.83. The van der Waals surface area contributed by atoms with Gasteiger partial charge in [0.15, 0.2) is 0 Å². The van der Waals surface area contributed by atoms with E-state index in [2.05, 4.69) is 0 Å². The van der Waals surface area contributed by atoms with E-state index >= 15 is 0 Å². The highest BCUT2D eigenvalue weighted by molar-refractivity contribution is 8.13. The lowest BCUT2D eigenvalue weighted by atomic mass is 10.0. The molecule has 2 aromatic rings. The number of carboxylic acid groups (broad SMARTS) is 1. The predicted octanol–water partition coefficient (Wildman–Crippen LogP) is 4.63. The zero-order chi connectivity index (χ0) is 21.7. The number of rotatable bonds is 9. The molecule has 1 amide bonds. The molecule has 0 spiro atoms. The standard InChI is InChI=1S/C21H21F2NO4S2/c22-21(23,14-5-2-1-3-6-14)18(25)11-8-15-13-29-20(28)24(15)12-4-7-16-9-10-17(30-16)19(26)27/h1-3,5-6,8-11,15,18,25H,4,7,12-13H2,(H,26,27). The fourth-order valence-electron chi connectivity index (χ4n) is 3.12. The number of carbonyl (C=O) groups excluding carboxylic acids is 1. The van der Waals surface area contributed by atoms with Crippen molar-refractivity contribution in [1.82, 2.24) is 4.90 Å². The average molecular weight is 454 g/mol. The summed E-state index contributed by atoms with van der Waals surface area (Å²) in [4.78, 5) is 25.9. The van der Waals surface area contributed by atoms with E-state index in [1.54, 1.807) is 23.1 Å². The predicted molar refractivity (Wildman–Crippen MR) is 113 cm³/mol. The Morgan fingerprint density at radius 2 is 2.00 bits per heavy atom. The van der Waals surface area contributed by atoms with E-state index in [1.807, 2.05) is 0 Å². The van der Waals surface area contributed by atoms with Crippen LogP contribution in [0, 0.1) is 0 Å². The highest BCUT2D eigenvalue weighted by Crippen LogP contribution is 2.33. The molecule has 1 aromatic heterocycles. The third-order valence-electron chi connectivity index (χ3n) is 4.75. The Bertz CT molecular complexity index is 917. The van der Waals surface area contributed by atoms with Gasteiger partial charge in [-0.05, 0) is 25.0 Å². The maximum Gasteiger partial charge on any atom is 0.345 e. The molecular formula is C21H21F2NO4S2. The van der Waals surface area contributed by atoms with Crippen molar-refractivity contribution in [2.45, 2.75) is 30.9 Å². The number of aliphatic hydroxyl groups is 1. The molecule has 2 N–H and O–H groups in total. The lowest BCUT2D eigenvalue weighted by Gasteiger charge is -2.23. The summed E-state index contributed by atoms with van der Waals surface area (Å²) in [5, 5.41) is 18.9. The number of amides is 1. The van der Waals surface area contributed by atoms with Crippen molar-refractivity contribution in [2.24, 2.45) is 0 Å². The molecule has 1 saturated heterocycles. The molecule has 160 valence electrons. The number of aromatic carboxylic acids is 1. The first-order valence-corrected chi connectivity index (χ1v) is 11.1. The van der Waals surface area contributed by atoms with E-state index in [1.165, 1.54) is 41.7 Å². The molecule has 5 nitrogen and oxygen atoms in total. The molecule has 0 radical (unpaired) electrons. The number of nitrogens with zero attached hydrogens (tertiary/aromatic N) is 1. The molecule has 3 rings (SSSR count). The number of aliphatic hydroxyl groups excluding tert-OH is 1. The molecule has 1 aromatic carbocycles. The van der Waals surface area contributed by atoms with Gasteiger partial charge in [-0.25, -0.2) is 4.79 Å². The SMILES string of the molecule is O=C(O)c1ccc(CCCN2C(=O)SCC2C=CC(O)C(F)(F)c2ccccc2)s1.